The van der Waals surface area contributed by atoms with Gasteiger partial charge in [0.15, 0.2) is 0 Å². The summed E-state index contributed by atoms with van der Waals surface area (Å²) in [6, 6.07) is 2.71. The quantitative estimate of drug-likeness (QED) is 0.479. The largest absolute Gasteiger partial charge is 0.365 e. The zero-order chi connectivity index (χ0) is 20.1. The molecule has 3 rings (SSSR count). The number of nitrogens with two attached hydrogens (primary N) is 1. The minimum Gasteiger partial charge on any atom is -0.365 e. The summed E-state index contributed by atoms with van der Waals surface area (Å²) in [6.07, 6.45) is 9.10. The number of hydrogen-bond acceptors (Lipinski definition) is 5. The molecule has 0 spiro atoms. The fraction of sp³-hybridized carbons (Fsp3) is 1.00. The van der Waals surface area contributed by atoms with E-state index in [1.165, 1.54) is 51.0 Å². The van der Waals surface area contributed by atoms with Gasteiger partial charge in [-0.25, -0.2) is 5.01 Å². The third-order valence-corrected chi connectivity index (χ3v) is 9.02. The van der Waals surface area contributed by atoms with Crippen LogP contribution in [0.2, 0.25) is 25.7 Å². The van der Waals surface area contributed by atoms with Crippen LogP contribution in [0.25, 0.3) is 0 Å². The smallest absolute Gasteiger partial charge is 0.112 e. The second-order valence-corrected chi connectivity index (χ2v) is 16.7. The highest BCUT2D eigenvalue weighted by molar-refractivity contribution is 6.76. The molecule has 6 heteroatoms. The monoisotopic (exact) mass is 410 g/mol. The Morgan fingerprint density at radius 3 is 2.57 bits per heavy atom. The van der Waals surface area contributed by atoms with Crippen molar-refractivity contribution in [3.8, 4) is 0 Å². The predicted molar refractivity (Wildman–Crippen MR) is 121 cm³/mol. The summed E-state index contributed by atoms with van der Waals surface area (Å²) in [7, 11) is -1.03. The molecule has 2 saturated heterocycles. The van der Waals surface area contributed by atoms with Gasteiger partial charge in [-0.1, -0.05) is 39.4 Å². The molecule has 3 aliphatic rings. The summed E-state index contributed by atoms with van der Waals surface area (Å²) in [5.74, 6) is 2.17. The van der Waals surface area contributed by atoms with E-state index in [2.05, 4.69) is 42.3 Å². The minimum absolute atomic E-state index is 0.400. The third kappa shape index (κ3) is 6.51. The Morgan fingerprint density at radius 2 is 1.79 bits per heavy atom. The summed E-state index contributed by atoms with van der Waals surface area (Å²) < 4.78 is 6.14. The van der Waals surface area contributed by atoms with E-state index in [-0.39, 0.29) is 0 Å². The molecule has 1 aliphatic carbocycles. The average Bonchev–Trinajstić information content (AvgIpc) is 3.05. The van der Waals surface area contributed by atoms with Crippen LogP contribution in [0.3, 0.4) is 0 Å². The Kier molecular flexibility index (Phi) is 8.40. The van der Waals surface area contributed by atoms with Crippen molar-refractivity contribution in [1.82, 2.24) is 15.8 Å². The first kappa shape index (κ1) is 22.7. The molecule has 0 aromatic heterocycles. The van der Waals surface area contributed by atoms with E-state index in [0.29, 0.717) is 24.0 Å². The number of hydrogen-bond donors (Lipinski definition) is 3. The maximum Gasteiger partial charge on any atom is 0.112 e. The first-order valence-electron chi connectivity index (χ1n) is 11.9. The average molecular weight is 411 g/mol. The lowest BCUT2D eigenvalue weighted by molar-refractivity contribution is -0.0246. The van der Waals surface area contributed by atoms with E-state index in [1.807, 2.05) is 0 Å². The fourth-order valence-electron chi connectivity index (χ4n) is 5.47. The highest BCUT2D eigenvalue weighted by atomic mass is 28.3. The van der Waals surface area contributed by atoms with E-state index < -0.39 is 8.07 Å². The summed E-state index contributed by atoms with van der Waals surface area (Å²) in [5.41, 5.74) is 10.3. The van der Waals surface area contributed by atoms with Crippen molar-refractivity contribution in [2.75, 3.05) is 26.4 Å². The lowest BCUT2D eigenvalue weighted by Crippen LogP contribution is -2.52. The van der Waals surface area contributed by atoms with E-state index in [0.717, 1.165) is 38.3 Å². The van der Waals surface area contributed by atoms with Crippen LogP contribution in [0.1, 0.15) is 51.9 Å². The van der Waals surface area contributed by atoms with Gasteiger partial charge in [-0.15, -0.1) is 0 Å². The molecule has 4 N–H and O–H groups in total. The SMILES string of the molecule is C[C@@H]1CCC[C@H](N)C2CCCC(C2)C2C(CNN2COCC[Si](C)(C)C)NC1. The molecule has 0 aromatic carbocycles. The number of hydrazine groups is 1. The molecule has 1 saturated carbocycles. The molecule has 2 bridgehead atoms. The predicted octanol–water partition coefficient (Wildman–Crippen LogP) is 3.40. The highest BCUT2D eigenvalue weighted by Gasteiger charge is 2.42. The van der Waals surface area contributed by atoms with Crippen LogP contribution in [0.5, 0.6) is 0 Å². The maximum absolute atomic E-state index is 6.66. The normalized spacial score (nSPS) is 38.5. The van der Waals surface area contributed by atoms with Crippen LogP contribution in [-0.2, 0) is 4.74 Å². The molecule has 2 aliphatic heterocycles. The molecular weight excluding hydrogens is 364 g/mol. The van der Waals surface area contributed by atoms with Crippen LogP contribution < -0.4 is 16.5 Å². The Morgan fingerprint density at radius 1 is 1.04 bits per heavy atom. The van der Waals surface area contributed by atoms with E-state index in [4.69, 9.17) is 10.5 Å². The molecular formula is C22H46N4OSi. The summed E-state index contributed by atoms with van der Waals surface area (Å²) in [4.78, 5) is 0. The second-order valence-electron chi connectivity index (χ2n) is 11.1. The summed E-state index contributed by atoms with van der Waals surface area (Å²) in [6.45, 7) is 13.4. The summed E-state index contributed by atoms with van der Waals surface area (Å²) in [5, 5.41) is 6.35. The number of rotatable bonds is 5. The van der Waals surface area contributed by atoms with Crippen molar-refractivity contribution in [3.63, 3.8) is 0 Å². The molecule has 164 valence electrons. The van der Waals surface area contributed by atoms with Gasteiger partial charge in [-0.3, -0.25) is 5.43 Å². The van der Waals surface area contributed by atoms with E-state index in [9.17, 15) is 0 Å². The molecule has 0 amide bonds. The molecule has 0 radical (unpaired) electrons. The highest BCUT2D eigenvalue weighted by Crippen LogP contribution is 2.37. The maximum atomic E-state index is 6.66. The van der Waals surface area contributed by atoms with Gasteiger partial charge in [-0.2, -0.15) is 0 Å². The first-order chi connectivity index (χ1) is 13.3. The zero-order valence-electron chi connectivity index (χ0n) is 18.9. The Labute approximate surface area is 174 Å². The minimum atomic E-state index is -1.03. The van der Waals surface area contributed by atoms with Gasteiger partial charge >= 0.3 is 0 Å². The molecule has 2 heterocycles. The van der Waals surface area contributed by atoms with Crippen LogP contribution in [0.15, 0.2) is 0 Å². The van der Waals surface area contributed by atoms with Crippen LogP contribution in [-0.4, -0.2) is 57.6 Å². The first-order valence-corrected chi connectivity index (χ1v) is 15.6. The van der Waals surface area contributed by atoms with Gasteiger partial charge in [0.2, 0.25) is 0 Å². The van der Waals surface area contributed by atoms with Gasteiger partial charge in [0, 0.05) is 39.4 Å². The molecule has 3 fully saturated rings. The van der Waals surface area contributed by atoms with Crippen LogP contribution in [0.4, 0.5) is 0 Å². The van der Waals surface area contributed by atoms with E-state index >= 15 is 0 Å². The number of nitrogens with zero attached hydrogens (tertiary/aromatic N) is 1. The molecule has 6 atom stereocenters. The standard InChI is InChI=1S/C22H46N4OSi/c1-17-7-5-10-20(23)18-8-6-9-19(13-18)22-21(24-14-17)15-25-26(22)16-27-11-12-28(2,3)4/h17-22,24-25H,5-16,23H2,1-4H3/t17-,18?,19?,20+,21?,22?/m1/s1. The van der Waals surface area contributed by atoms with Gasteiger partial charge < -0.3 is 15.8 Å². The van der Waals surface area contributed by atoms with Gasteiger partial charge in [0.1, 0.15) is 6.73 Å². The lowest BCUT2D eigenvalue weighted by atomic mass is 9.72. The Bertz CT molecular complexity index is 472. The van der Waals surface area contributed by atoms with Gasteiger partial charge in [0.05, 0.1) is 0 Å². The van der Waals surface area contributed by atoms with Crippen molar-refractivity contribution in [1.29, 1.82) is 0 Å². The van der Waals surface area contributed by atoms with Crippen molar-refractivity contribution in [3.05, 3.63) is 0 Å². The number of ether oxygens (including phenoxy) is 1. The molecule has 28 heavy (non-hydrogen) atoms. The molecule has 5 nitrogen and oxygen atoms in total. The second kappa shape index (κ2) is 10.4. The van der Waals surface area contributed by atoms with E-state index in [1.54, 1.807) is 0 Å². The zero-order valence-corrected chi connectivity index (χ0v) is 19.9. The van der Waals surface area contributed by atoms with Crippen molar-refractivity contribution >= 4 is 8.07 Å². The number of nitrogens with one attached hydrogen (secondary N) is 2. The topological polar surface area (TPSA) is 62.5 Å². The van der Waals surface area contributed by atoms with Crippen molar-refractivity contribution in [2.45, 2.75) is 95.7 Å². The summed E-state index contributed by atoms with van der Waals surface area (Å²) >= 11 is 0. The van der Waals surface area contributed by atoms with Crippen LogP contribution in [0, 0.1) is 17.8 Å². The fourth-order valence-corrected chi connectivity index (χ4v) is 6.22. The number of fused-ring (bicyclic) bond motifs is 4. The molecule has 0 aromatic rings. The van der Waals surface area contributed by atoms with Crippen molar-refractivity contribution in [2.24, 2.45) is 23.5 Å². The third-order valence-electron chi connectivity index (χ3n) is 7.32. The van der Waals surface area contributed by atoms with Gasteiger partial charge in [0.25, 0.3) is 0 Å². The molecule has 4 unspecified atom stereocenters. The Hall–Kier alpha value is 0.0169. The Balaban J connectivity index is 1.64. The van der Waals surface area contributed by atoms with Gasteiger partial charge in [-0.05, 0) is 62.4 Å². The van der Waals surface area contributed by atoms with Crippen molar-refractivity contribution < 1.29 is 4.74 Å². The lowest BCUT2D eigenvalue weighted by Gasteiger charge is -2.41. The van der Waals surface area contributed by atoms with Crippen LogP contribution >= 0.6 is 0 Å².